The summed E-state index contributed by atoms with van der Waals surface area (Å²) in [4.78, 5) is 38.0. The number of unbranched alkanes of at least 4 members (excludes halogenated alkanes) is 1. The first kappa shape index (κ1) is 23.4. The molecule has 0 bridgehead atoms. The van der Waals surface area contributed by atoms with Crippen molar-refractivity contribution in [2.75, 3.05) is 20.2 Å². The molecule has 3 aromatic rings. The summed E-state index contributed by atoms with van der Waals surface area (Å²) in [5.41, 5.74) is 0.561. The van der Waals surface area contributed by atoms with Crippen LogP contribution >= 0.6 is 0 Å². The Morgan fingerprint density at radius 3 is 2.24 bits per heavy atom. The third kappa shape index (κ3) is 4.25. The summed E-state index contributed by atoms with van der Waals surface area (Å²) >= 11 is 0. The number of amides is 2. The number of ether oxygens (including phenoxy) is 1. The summed E-state index contributed by atoms with van der Waals surface area (Å²) in [7, 11) is -2.77. The van der Waals surface area contributed by atoms with Gasteiger partial charge in [-0.05, 0) is 42.5 Å². The average molecular weight is 483 g/mol. The molecule has 1 aliphatic heterocycles. The Morgan fingerprint density at radius 2 is 1.65 bits per heavy atom. The molecule has 0 atom stereocenters. The first-order chi connectivity index (χ1) is 16.2. The van der Waals surface area contributed by atoms with Gasteiger partial charge in [0.25, 0.3) is 11.8 Å². The number of sulfonamides is 1. The van der Waals surface area contributed by atoms with Crippen molar-refractivity contribution in [2.45, 2.75) is 17.7 Å². The summed E-state index contributed by atoms with van der Waals surface area (Å²) < 4.78 is 32.8. The van der Waals surface area contributed by atoms with E-state index in [-0.39, 0.29) is 36.2 Å². The van der Waals surface area contributed by atoms with E-state index >= 15 is 0 Å². The van der Waals surface area contributed by atoms with E-state index < -0.39 is 20.9 Å². The first-order valence-electron chi connectivity index (χ1n) is 10.5. The molecule has 0 unspecified atom stereocenters. The van der Waals surface area contributed by atoms with Crippen molar-refractivity contribution in [1.82, 2.24) is 9.62 Å². The zero-order chi connectivity index (χ0) is 24.5. The molecule has 0 fully saturated rings. The molecule has 1 heterocycles. The number of methoxy groups -OCH3 is 1. The minimum Gasteiger partial charge on any atom is -0.497 e. The molecule has 176 valence electrons. The van der Waals surface area contributed by atoms with E-state index in [0.29, 0.717) is 29.4 Å². The number of rotatable bonds is 9. The van der Waals surface area contributed by atoms with Gasteiger partial charge in [-0.3, -0.25) is 14.5 Å². The normalized spacial score (nSPS) is 13.4. The van der Waals surface area contributed by atoms with E-state index in [4.69, 9.17) is 4.74 Å². The average Bonchev–Trinajstić information content (AvgIpc) is 2.83. The van der Waals surface area contributed by atoms with Gasteiger partial charge in [0, 0.05) is 35.7 Å². The van der Waals surface area contributed by atoms with Crippen LogP contribution in [0.25, 0.3) is 10.8 Å². The van der Waals surface area contributed by atoms with Gasteiger partial charge in [-0.2, -0.15) is 0 Å². The molecule has 0 aromatic heterocycles. The van der Waals surface area contributed by atoms with E-state index in [1.165, 1.54) is 24.1 Å². The SMILES string of the molecule is COc1ccc(C(=O)O)c(S(=O)(=O)NCCCCN2C(=O)c3cccc4cccc(c34)C2=O)c1. The Balaban J connectivity index is 1.40. The van der Waals surface area contributed by atoms with Gasteiger partial charge in [-0.15, -0.1) is 0 Å². The first-order valence-corrected chi connectivity index (χ1v) is 12.0. The Labute approximate surface area is 196 Å². The summed E-state index contributed by atoms with van der Waals surface area (Å²) in [6, 6.07) is 14.3. The molecule has 10 heteroatoms. The molecule has 0 saturated carbocycles. The lowest BCUT2D eigenvalue weighted by Crippen LogP contribution is -2.41. The summed E-state index contributed by atoms with van der Waals surface area (Å²) in [6.45, 7) is 0.130. The Hall–Kier alpha value is -3.76. The third-order valence-corrected chi connectivity index (χ3v) is 7.17. The lowest BCUT2D eigenvalue weighted by molar-refractivity contribution is 0.0606. The quantitative estimate of drug-likeness (QED) is 0.354. The zero-order valence-electron chi connectivity index (χ0n) is 18.3. The van der Waals surface area contributed by atoms with Crippen LogP contribution in [0.1, 0.15) is 43.9 Å². The van der Waals surface area contributed by atoms with Crippen LogP contribution in [0.4, 0.5) is 0 Å². The van der Waals surface area contributed by atoms with Crippen LogP contribution in [0.5, 0.6) is 5.75 Å². The van der Waals surface area contributed by atoms with Gasteiger partial charge in [0.1, 0.15) is 10.6 Å². The molecule has 0 saturated heterocycles. The summed E-state index contributed by atoms with van der Waals surface area (Å²) in [5, 5.41) is 10.8. The van der Waals surface area contributed by atoms with E-state index in [1.54, 1.807) is 24.3 Å². The molecule has 3 aromatic carbocycles. The van der Waals surface area contributed by atoms with Crippen LogP contribution in [-0.2, 0) is 10.0 Å². The number of nitrogens with zero attached hydrogens (tertiary/aromatic N) is 1. The van der Waals surface area contributed by atoms with E-state index in [1.807, 2.05) is 12.1 Å². The van der Waals surface area contributed by atoms with Gasteiger partial charge in [0.15, 0.2) is 0 Å². The Kier molecular flexibility index (Phi) is 6.36. The van der Waals surface area contributed by atoms with Crippen molar-refractivity contribution >= 4 is 38.6 Å². The number of carbonyl (C=O) groups excluding carboxylic acids is 2. The second-order valence-electron chi connectivity index (χ2n) is 7.74. The highest BCUT2D eigenvalue weighted by atomic mass is 32.2. The highest BCUT2D eigenvalue weighted by Crippen LogP contribution is 2.30. The van der Waals surface area contributed by atoms with Crippen LogP contribution < -0.4 is 9.46 Å². The van der Waals surface area contributed by atoms with E-state index in [9.17, 15) is 27.9 Å². The van der Waals surface area contributed by atoms with Gasteiger partial charge in [-0.25, -0.2) is 17.9 Å². The molecule has 0 aliphatic carbocycles. The van der Waals surface area contributed by atoms with Crippen molar-refractivity contribution in [3.8, 4) is 5.75 Å². The fourth-order valence-corrected chi connectivity index (χ4v) is 5.28. The van der Waals surface area contributed by atoms with Crippen LogP contribution in [0.3, 0.4) is 0 Å². The highest BCUT2D eigenvalue weighted by molar-refractivity contribution is 7.89. The monoisotopic (exact) mass is 482 g/mol. The highest BCUT2D eigenvalue weighted by Gasteiger charge is 2.32. The maximum Gasteiger partial charge on any atom is 0.337 e. The van der Waals surface area contributed by atoms with Crippen LogP contribution in [0, 0.1) is 0 Å². The minimum absolute atomic E-state index is 0.000985. The van der Waals surface area contributed by atoms with Gasteiger partial charge < -0.3 is 9.84 Å². The molecule has 1 aliphatic rings. The minimum atomic E-state index is -4.12. The lowest BCUT2D eigenvalue weighted by Gasteiger charge is -2.27. The van der Waals surface area contributed by atoms with E-state index in [2.05, 4.69) is 4.72 Å². The number of benzene rings is 3. The number of carboxylic acid groups (broad SMARTS) is 1. The number of nitrogens with one attached hydrogen (secondary N) is 1. The van der Waals surface area contributed by atoms with Gasteiger partial charge in [-0.1, -0.05) is 24.3 Å². The smallest absolute Gasteiger partial charge is 0.337 e. The Morgan fingerprint density at radius 1 is 1.00 bits per heavy atom. The topological polar surface area (TPSA) is 130 Å². The number of aromatic carboxylic acids is 1. The molecule has 0 radical (unpaired) electrons. The van der Waals surface area contributed by atoms with Gasteiger partial charge in [0.05, 0.1) is 12.7 Å². The molecular weight excluding hydrogens is 460 g/mol. The summed E-state index contributed by atoms with van der Waals surface area (Å²) in [6.07, 6.45) is 0.691. The van der Waals surface area contributed by atoms with E-state index in [0.717, 1.165) is 11.5 Å². The Bertz CT molecular complexity index is 1370. The van der Waals surface area contributed by atoms with Crippen molar-refractivity contribution in [3.63, 3.8) is 0 Å². The molecule has 0 spiro atoms. The molecule has 9 nitrogen and oxygen atoms in total. The third-order valence-electron chi connectivity index (χ3n) is 5.67. The number of carbonyl (C=O) groups is 3. The summed E-state index contributed by atoms with van der Waals surface area (Å²) in [5.74, 6) is -1.92. The lowest BCUT2D eigenvalue weighted by atomic mass is 9.94. The predicted molar refractivity (Wildman–Crippen MR) is 124 cm³/mol. The second kappa shape index (κ2) is 9.24. The zero-order valence-corrected chi connectivity index (χ0v) is 19.1. The molecule has 4 rings (SSSR count). The predicted octanol–water partition coefficient (Wildman–Crippen LogP) is 2.90. The van der Waals surface area contributed by atoms with Crippen LogP contribution in [0.2, 0.25) is 0 Å². The number of carboxylic acids is 1. The van der Waals surface area contributed by atoms with Crippen LogP contribution in [-0.4, -0.2) is 56.4 Å². The second-order valence-corrected chi connectivity index (χ2v) is 9.48. The number of hydrogen-bond acceptors (Lipinski definition) is 6. The molecule has 2 N–H and O–H groups in total. The fraction of sp³-hybridized carbons (Fsp3) is 0.208. The maximum atomic E-state index is 12.9. The van der Waals surface area contributed by atoms with Crippen molar-refractivity contribution in [3.05, 3.63) is 71.3 Å². The largest absolute Gasteiger partial charge is 0.497 e. The van der Waals surface area contributed by atoms with Crippen molar-refractivity contribution in [2.24, 2.45) is 0 Å². The molecule has 2 amide bonds. The van der Waals surface area contributed by atoms with Crippen molar-refractivity contribution in [1.29, 1.82) is 0 Å². The molecular formula is C24H22N2O7S. The molecule has 34 heavy (non-hydrogen) atoms. The standard InChI is InChI=1S/C24H22N2O7S/c1-33-16-10-11-17(24(29)30)20(14-16)34(31,32)25-12-2-3-13-26-22(27)18-8-4-6-15-7-5-9-19(21(15)18)23(26)28/h4-11,14,25H,2-3,12-13H2,1H3,(H,29,30). The van der Waals surface area contributed by atoms with Gasteiger partial charge in [0.2, 0.25) is 10.0 Å². The van der Waals surface area contributed by atoms with Crippen LogP contribution in [0.15, 0.2) is 59.5 Å². The van der Waals surface area contributed by atoms with Crippen molar-refractivity contribution < 1.29 is 32.6 Å². The number of imide groups is 1. The maximum absolute atomic E-state index is 12.9. The number of hydrogen-bond donors (Lipinski definition) is 2. The van der Waals surface area contributed by atoms with Gasteiger partial charge >= 0.3 is 5.97 Å². The fourth-order valence-electron chi connectivity index (χ4n) is 3.99.